The van der Waals surface area contributed by atoms with Crippen molar-refractivity contribution in [1.82, 2.24) is 10.1 Å². The molecule has 0 bridgehead atoms. The molecule has 1 amide bonds. The minimum absolute atomic E-state index is 0.144. The topological polar surface area (TPSA) is 55.6 Å². The molecule has 5 nitrogen and oxygen atoms in total. The number of nitrogens with zero attached hydrogens (tertiary/aromatic N) is 2. The zero-order valence-corrected chi connectivity index (χ0v) is 14.9. The average molecular weight is 366 g/mol. The Bertz CT molecular complexity index is 952. The molecule has 0 aliphatic carbocycles. The van der Waals surface area contributed by atoms with Crippen LogP contribution in [0.5, 0.6) is 5.75 Å². The fourth-order valence-electron chi connectivity index (χ4n) is 3.48. The van der Waals surface area contributed by atoms with Crippen molar-refractivity contribution >= 4 is 5.91 Å². The SMILES string of the molecule is COc1ccc(-c2cc(C(=O)N3CCC[C@@H]3c3cccc(F)c3)no2)cc1. The molecule has 27 heavy (non-hydrogen) atoms. The minimum atomic E-state index is -0.296. The highest BCUT2D eigenvalue weighted by Crippen LogP contribution is 2.34. The number of aromatic nitrogens is 1. The van der Waals surface area contributed by atoms with E-state index in [1.807, 2.05) is 30.3 Å². The fourth-order valence-corrected chi connectivity index (χ4v) is 3.48. The van der Waals surface area contributed by atoms with Gasteiger partial charge >= 0.3 is 0 Å². The van der Waals surface area contributed by atoms with Crippen LogP contribution in [0.2, 0.25) is 0 Å². The second-order valence-electron chi connectivity index (χ2n) is 6.52. The molecule has 0 unspecified atom stereocenters. The van der Waals surface area contributed by atoms with Crippen LogP contribution in [0, 0.1) is 5.82 Å². The van der Waals surface area contributed by atoms with Gasteiger partial charge in [-0.15, -0.1) is 0 Å². The van der Waals surface area contributed by atoms with E-state index in [4.69, 9.17) is 9.26 Å². The highest BCUT2D eigenvalue weighted by molar-refractivity contribution is 5.93. The van der Waals surface area contributed by atoms with Gasteiger partial charge < -0.3 is 14.2 Å². The van der Waals surface area contributed by atoms with Crippen molar-refractivity contribution in [3.05, 3.63) is 71.7 Å². The van der Waals surface area contributed by atoms with Crippen LogP contribution in [0.3, 0.4) is 0 Å². The number of likely N-dealkylation sites (tertiary alicyclic amines) is 1. The number of hydrogen-bond acceptors (Lipinski definition) is 4. The first kappa shape index (κ1) is 17.3. The number of hydrogen-bond donors (Lipinski definition) is 0. The van der Waals surface area contributed by atoms with E-state index < -0.39 is 0 Å². The molecule has 0 spiro atoms. The molecule has 2 aromatic carbocycles. The summed E-state index contributed by atoms with van der Waals surface area (Å²) in [7, 11) is 1.60. The Labute approximate surface area is 156 Å². The summed E-state index contributed by atoms with van der Waals surface area (Å²) in [4.78, 5) is 14.7. The Kier molecular flexibility index (Phi) is 4.62. The van der Waals surface area contributed by atoms with E-state index in [1.165, 1.54) is 12.1 Å². The molecule has 6 heteroatoms. The number of benzene rings is 2. The monoisotopic (exact) mass is 366 g/mol. The van der Waals surface area contributed by atoms with Crippen LogP contribution >= 0.6 is 0 Å². The predicted octanol–water partition coefficient (Wildman–Crippen LogP) is 4.47. The molecule has 0 radical (unpaired) electrons. The summed E-state index contributed by atoms with van der Waals surface area (Å²) >= 11 is 0. The van der Waals surface area contributed by atoms with E-state index in [1.54, 1.807) is 24.1 Å². The second kappa shape index (κ2) is 7.23. The van der Waals surface area contributed by atoms with E-state index in [9.17, 15) is 9.18 Å². The van der Waals surface area contributed by atoms with Gasteiger partial charge in [-0.3, -0.25) is 4.79 Å². The largest absolute Gasteiger partial charge is 0.497 e. The molecule has 3 aromatic rings. The molecule has 1 aliphatic heterocycles. The lowest BCUT2D eigenvalue weighted by atomic mass is 10.0. The third-order valence-electron chi connectivity index (χ3n) is 4.85. The zero-order chi connectivity index (χ0) is 18.8. The normalized spacial score (nSPS) is 16.5. The van der Waals surface area contributed by atoms with Crippen LogP contribution in [-0.4, -0.2) is 29.6 Å². The number of rotatable bonds is 4. The third kappa shape index (κ3) is 3.43. The summed E-state index contributed by atoms with van der Waals surface area (Å²) in [5.74, 6) is 0.757. The number of methoxy groups -OCH3 is 1. The Morgan fingerprint density at radius 1 is 1.22 bits per heavy atom. The molecule has 4 rings (SSSR count). The summed E-state index contributed by atoms with van der Waals surface area (Å²) in [6.45, 7) is 0.616. The molecule has 138 valence electrons. The summed E-state index contributed by atoms with van der Waals surface area (Å²) in [6.07, 6.45) is 1.68. The first-order valence-corrected chi connectivity index (χ1v) is 8.83. The van der Waals surface area contributed by atoms with E-state index in [2.05, 4.69) is 5.16 Å². The maximum atomic E-state index is 13.6. The lowest BCUT2D eigenvalue weighted by Gasteiger charge is -2.24. The van der Waals surface area contributed by atoms with Gasteiger partial charge in [-0.1, -0.05) is 17.3 Å². The number of ether oxygens (including phenoxy) is 1. The number of carbonyl (C=O) groups excluding carboxylic acids is 1. The predicted molar refractivity (Wildman–Crippen MR) is 97.9 cm³/mol. The lowest BCUT2D eigenvalue weighted by Crippen LogP contribution is -2.30. The van der Waals surface area contributed by atoms with Gasteiger partial charge in [-0.25, -0.2) is 4.39 Å². The Morgan fingerprint density at radius 3 is 2.78 bits per heavy atom. The number of halogens is 1. The molecule has 2 heterocycles. The van der Waals surface area contributed by atoms with Crippen LogP contribution in [0.1, 0.15) is 34.9 Å². The lowest BCUT2D eigenvalue weighted by molar-refractivity contribution is 0.0725. The molecular formula is C21H19FN2O3. The molecular weight excluding hydrogens is 347 g/mol. The Balaban J connectivity index is 1.56. The van der Waals surface area contributed by atoms with Crippen molar-refractivity contribution in [3.8, 4) is 17.1 Å². The highest BCUT2D eigenvalue weighted by atomic mass is 19.1. The van der Waals surface area contributed by atoms with Crippen molar-refractivity contribution in [2.75, 3.05) is 13.7 Å². The standard InChI is InChI=1S/C21H19FN2O3/c1-26-17-9-7-14(8-10-17)20-13-18(23-27-20)21(25)24-11-3-6-19(24)15-4-2-5-16(22)12-15/h2,4-5,7-10,12-13,19H,3,6,11H2,1H3/t19-/m1/s1. The van der Waals surface area contributed by atoms with Gasteiger partial charge in [0.05, 0.1) is 13.2 Å². The average Bonchev–Trinajstić information content (AvgIpc) is 3.37. The van der Waals surface area contributed by atoms with E-state index >= 15 is 0 Å². The highest BCUT2D eigenvalue weighted by Gasteiger charge is 2.32. The second-order valence-corrected chi connectivity index (χ2v) is 6.52. The van der Waals surface area contributed by atoms with Crippen molar-refractivity contribution in [3.63, 3.8) is 0 Å². The van der Waals surface area contributed by atoms with Gasteiger partial charge in [0.15, 0.2) is 11.5 Å². The van der Waals surface area contributed by atoms with Crippen LogP contribution in [0.25, 0.3) is 11.3 Å². The molecule has 1 saturated heterocycles. The Morgan fingerprint density at radius 2 is 2.04 bits per heavy atom. The van der Waals surface area contributed by atoms with E-state index in [-0.39, 0.29) is 23.5 Å². The first-order valence-electron chi connectivity index (χ1n) is 8.83. The van der Waals surface area contributed by atoms with E-state index in [0.29, 0.717) is 12.3 Å². The molecule has 1 atom stereocenters. The molecule has 1 aliphatic rings. The summed E-state index contributed by atoms with van der Waals surface area (Å²) in [6, 6.07) is 15.2. The maximum Gasteiger partial charge on any atom is 0.276 e. The number of carbonyl (C=O) groups is 1. The summed E-state index contributed by atoms with van der Waals surface area (Å²) < 4.78 is 24.1. The van der Waals surface area contributed by atoms with Gasteiger partial charge in [0, 0.05) is 18.2 Å². The molecule has 0 saturated carbocycles. The zero-order valence-electron chi connectivity index (χ0n) is 14.9. The van der Waals surface area contributed by atoms with Crippen molar-refractivity contribution < 1.29 is 18.4 Å². The van der Waals surface area contributed by atoms with Crippen LogP contribution in [-0.2, 0) is 0 Å². The van der Waals surface area contributed by atoms with Crippen molar-refractivity contribution in [1.29, 1.82) is 0 Å². The Hall–Kier alpha value is -3.15. The quantitative estimate of drug-likeness (QED) is 0.684. The van der Waals surface area contributed by atoms with Gasteiger partial charge in [-0.2, -0.15) is 0 Å². The van der Waals surface area contributed by atoms with Crippen molar-refractivity contribution in [2.24, 2.45) is 0 Å². The summed E-state index contributed by atoms with van der Waals surface area (Å²) in [5, 5.41) is 3.95. The number of amides is 1. The molecule has 1 aromatic heterocycles. The third-order valence-corrected chi connectivity index (χ3v) is 4.85. The smallest absolute Gasteiger partial charge is 0.276 e. The fraction of sp³-hybridized carbons (Fsp3) is 0.238. The van der Waals surface area contributed by atoms with Gasteiger partial charge in [0.25, 0.3) is 5.91 Å². The van der Waals surface area contributed by atoms with Crippen LogP contribution in [0.4, 0.5) is 4.39 Å². The molecule has 1 fully saturated rings. The summed E-state index contributed by atoms with van der Waals surface area (Å²) in [5.41, 5.74) is 1.87. The van der Waals surface area contributed by atoms with Crippen LogP contribution in [0.15, 0.2) is 59.1 Å². The van der Waals surface area contributed by atoms with Crippen LogP contribution < -0.4 is 4.74 Å². The molecule has 0 N–H and O–H groups in total. The van der Waals surface area contributed by atoms with Gasteiger partial charge in [0.1, 0.15) is 11.6 Å². The first-order chi connectivity index (χ1) is 13.2. The maximum absolute atomic E-state index is 13.6. The van der Waals surface area contributed by atoms with Gasteiger partial charge in [-0.05, 0) is 54.8 Å². The minimum Gasteiger partial charge on any atom is -0.497 e. The van der Waals surface area contributed by atoms with Crippen molar-refractivity contribution in [2.45, 2.75) is 18.9 Å². The van der Waals surface area contributed by atoms with Gasteiger partial charge in [0.2, 0.25) is 0 Å². The van der Waals surface area contributed by atoms with E-state index in [0.717, 1.165) is 29.7 Å².